The lowest BCUT2D eigenvalue weighted by molar-refractivity contribution is -0.118. The van der Waals surface area contributed by atoms with Crippen LogP contribution in [0.2, 0.25) is 0 Å². The van der Waals surface area contributed by atoms with Crippen LogP contribution < -0.4 is 0 Å². The van der Waals surface area contributed by atoms with Crippen molar-refractivity contribution in [1.82, 2.24) is 9.97 Å². The molecule has 0 fully saturated rings. The fraction of sp³-hybridized carbons (Fsp3) is 0.583. The molecule has 1 rings (SSSR count). The van der Waals surface area contributed by atoms with Crippen molar-refractivity contribution >= 4 is 5.78 Å². The molecule has 0 aliphatic carbocycles. The first kappa shape index (κ1) is 11.8. The van der Waals surface area contributed by atoms with E-state index in [0.717, 1.165) is 17.8 Å². The third kappa shape index (κ3) is 3.78. The van der Waals surface area contributed by atoms with E-state index in [1.54, 1.807) is 6.33 Å². The van der Waals surface area contributed by atoms with Crippen molar-refractivity contribution in [1.29, 1.82) is 0 Å². The molecule has 1 aromatic heterocycles. The van der Waals surface area contributed by atoms with E-state index in [-0.39, 0.29) is 5.78 Å². The van der Waals surface area contributed by atoms with Gasteiger partial charge in [0.2, 0.25) is 0 Å². The number of ketones is 1. The fourth-order valence-electron chi connectivity index (χ4n) is 1.40. The number of carbonyl (C=O) groups excluding carboxylic acids is 1. The molecule has 1 heterocycles. The molecular weight excluding hydrogens is 188 g/mol. The van der Waals surface area contributed by atoms with Crippen LogP contribution in [0.15, 0.2) is 12.4 Å². The Bertz CT molecular complexity index is 334. The average molecular weight is 206 g/mol. The highest BCUT2D eigenvalue weighted by Gasteiger charge is 2.06. The Labute approximate surface area is 91.0 Å². The first-order valence-corrected chi connectivity index (χ1v) is 5.46. The maximum absolute atomic E-state index is 11.4. The number of rotatable bonds is 5. The van der Waals surface area contributed by atoms with Gasteiger partial charge in [0.1, 0.15) is 12.1 Å². The van der Waals surface area contributed by atoms with Crippen molar-refractivity contribution in [2.45, 2.75) is 46.0 Å². The highest BCUT2D eigenvalue weighted by molar-refractivity contribution is 5.80. The molecule has 1 aromatic rings. The van der Waals surface area contributed by atoms with Crippen molar-refractivity contribution < 1.29 is 4.79 Å². The summed E-state index contributed by atoms with van der Waals surface area (Å²) < 4.78 is 0. The topological polar surface area (TPSA) is 42.9 Å². The van der Waals surface area contributed by atoms with E-state index < -0.39 is 0 Å². The van der Waals surface area contributed by atoms with Crippen LogP contribution in [0.3, 0.4) is 0 Å². The largest absolute Gasteiger partial charge is 0.299 e. The van der Waals surface area contributed by atoms with Crippen LogP contribution in [0.4, 0.5) is 0 Å². The summed E-state index contributed by atoms with van der Waals surface area (Å²) in [5, 5.41) is 0. The van der Waals surface area contributed by atoms with Gasteiger partial charge in [-0.1, -0.05) is 20.8 Å². The number of carbonyl (C=O) groups is 1. The Morgan fingerprint density at radius 1 is 1.40 bits per heavy atom. The van der Waals surface area contributed by atoms with Crippen LogP contribution in [-0.4, -0.2) is 15.8 Å². The maximum Gasteiger partial charge on any atom is 0.138 e. The van der Waals surface area contributed by atoms with Crippen molar-refractivity contribution in [3.05, 3.63) is 23.8 Å². The van der Waals surface area contributed by atoms with Gasteiger partial charge < -0.3 is 0 Å². The van der Waals surface area contributed by atoms with E-state index in [4.69, 9.17) is 0 Å². The molecule has 0 saturated carbocycles. The minimum Gasteiger partial charge on any atom is -0.299 e. The van der Waals surface area contributed by atoms with Gasteiger partial charge in [0.25, 0.3) is 0 Å². The SMILES string of the molecule is CCCC(=O)Cc1cc(C(C)C)ncn1. The van der Waals surface area contributed by atoms with Crippen LogP contribution in [0.5, 0.6) is 0 Å². The monoisotopic (exact) mass is 206 g/mol. The standard InChI is InChI=1S/C12H18N2O/c1-4-5-11(15)6-10-7-12(9(2)3)14-8-13-10/h7-9H,4-6H2,1-3H3. The summed E-state index contributed by atoms with van der Waals surface area (Å²) >= 11 is 0. The molecule has 15 heavy (non-hydrogen) atoms. The van der Waals surface area contributed by atoms with Gasteiger partial charge in [0, 0.05) is 18.5 Å². The van der Waals surface area contributed by atoms with Crippen LogP contribution >= 0.6 is 0 Å². The minimum atomic E-state index is 0.255. The van der Waals surface area contributed by atoms with E-state index in [0.29, 0.717) is 18.8 Å². The molecule has 0 saturated heterocycles. The Morgan fingerprint density at radius 2 is 2.13 bits per heavy atom. The van der Waals surface area contributed by atoms with Crippen LogP contribution in [-0.2, 0) is 11.2 Å². The maximum atomic E-state index is 11.4. The Morgan fingerprint density at radius 3 is 2.73 bits per heavy atom. The molecular formula is C12H18N2O. The summed E-state index contributed by atoms with van der Waals surface area (Å²) in [5.41, 5.74) is 1.84. The molecule has 0 amide bonds. The predicted octanol–water partition coefficient (Wildman–Crippen LogP) is 2.51. The quantitative estimate of drug-likeness (QED) is 0.743. The lowest BCUT2D eigenvalue weighted by atomic mass is 10.1. The molecule has 0 aliphatic rings. The summed E-state index contributed by atoms with van der Waals surface area (Å²) in [6.07, 6.45) is 3.53. The number of Topliss-reactive ketones (excluding diaryl/α,β-unsaturated/α-hetero) is 1. The summed E-state index contributed by atoms with van der Waals surface area (Å²) in [4.78, 5) is 19.7. The van der Waals surface area contributed by atoms with Crippen molar-refractivity contribution in [2.75, 3.05) is 0 Å². The second-order valence-electron chi connectivity index (χ2n) is 4.05. The highest BCUT2D eigenvalue weighted by Crippen LogP contribution is 2.11. The van der Waals surface area contributed by atoms with Crippen molar-refractivity contribution in [2.24, 2.45) is 0 Å². The highest BCUT2D eigenvalue weighted by atomic mass is 16.1. The zero-order valence-electron chi connectivity index (χ0n) is 9.66. The lowest BCUT2D eigenvalue weighted by Gasteiger charge is -2.05. The molecule has 3 heteroatoms. The predicted molar refractivity (Wildman–Crippen MR) is 59.7 cm³/mol. The van der Waals surface area contributed by atoms with Gasteiger partial charge in [0.05, 0.1) is 5.69 Å². The molecule has 0 aromatic carbocycles. The van der Waals surface area contributed by atoms with Crippen molar-refractivity contribution in [3.63, 3.8) is 0 Å². The second kappa shape index (κ2) is 5.59. The Kier molecular flexibility index (Phi) is 4.40. The van der Waals surface area contributed by atoms with Crippen LogP contribution in [0.1, 0.15) is 50.9 Å². The Hall–Kier alpha value is -1.25. The number of aromatic nitrogens is 2. The van der Waals surface area contributed by atoms with Gasteiger partial charge in [0.15, 0.2) is 0 Å². The second-order valence-corrected chi connectivity index (χ2v) is 4.05. The van der Waals surface area contributed by atoms with Gasteiger partial charge in [-0.15, -0.1) is 0 Å². The first-order valence-electron chi connectivity index (χ1n) is 5.46. The van der Waals surface area contributed by atoms with E-state index in [9.17, 15) is 4.79 Å². The van der Waals surface area contributed by atoms with E-state index in [1.165, 1.54) is 0 Å². The normalized spacial score (nSPS) is 10.7. The number of hydrogen-bond donors (Lipinski definition) is 0. The molecule has 0 radical (unpaired) electrons. The van der Waals surface area contributed by atoms with Gasteiger partial charge in [-0.2, -0.15) is 0 Å². The number of nitrogens with zero attached hydrogens (tertiary/aromatic N) is 2. The molecule has 0 bridgehead atoms. The summed E-state index contributed by atoms with van der Waals surface area (Å²) in [6, 6.07) is 1.93. The molecule has 0 N–H and O–H groups in total. The molecule has 3 nitrogen and oxygen atoms in total. The zero-order chi connectivity index (χ0) is 11.3. The molecule has 0 atom stereocenters. The van der Waals surface area contributed by atoms with E-state index in [1.807, 2.05) is 13.0 Å². The molecule has 82 valence electrons. The van der Waals surface area contributed by atoms with Gasteiger partial charge in [-0.25, -0.2) is 9.97 Å². The average Bonchev–Trinajstić information content (AvgIpc) is 2.18. The molecule has 0 unspecified atom stereocenters. The van der Waals surface area contributed by atoms with Gasteiger partial charge >= 0.3 is 0 Å². The van der Waals surface area contributed by atoms with Crippen LogP contribution in [0.25, 0.3) is 0 Å². The third-order valence-corrected chi connectivity index (χ3v) is 2.24. The lowest BCUT2D eigenvalue weighted by Crippen LogP contribution is -2.05. The molecule has 0 spiro atoms. The number of hydrogen-bond acceptors (Lipinski definition) is 3. The summed E-state index contributed by atoms with van der Waals surface area (Å²) in [6.45, 7) is 6.18. The van der Waals surface area contributed by atoms with E-state index in [2.05, 4.69) is 23.8 Å². The molecule has 0 aliphatic heterocycles. The summed E-state index contributed by atoms with van der Waals surface area (Å²) in [5.74, 6) is 0.638. The zero-order valence-corrected chi connectivity index (χ0v) is 9.66. The Balaban J connectivity index is 2.69. The van der Waals surface area contributed by atoms with Gasteiger partial charge in [-0.3, -0.25) is 4.79 Å². The minimum absolute atomic E-state index is 0.255. The van der Waals surface area contributed by atoms with Crippen LogP contribution in [0, 0.1) is 0 Å². The van der Waals surface area contributed by atoms with Crippen molar-refractivity contribution in [3.8, 4) is 0 Å². The van der Waals surface area contributed by atoms with Gasteiger partial charge in [-0.05, 0) is 18.4 Å². The fourth-order valence-corrected chi connectivity index (χ4v) is 1.40. The first-order chi connectivity index (χ1) is 7.13. The summed E-state index contributed by atoms with van der Waals surface area (Å²) in [7, 11) is 0. The smallest absolute Gasteiger partial charge is 0.138 e. The third-order valence-electron chi connectivity index (χ3n) is 2.24. The van der Waals surface area contributed by atoms with E-state index >= 15 is 0 Å².